The SMILES string of the molecule is O=C(O)C(O)c1c(Cl)cc(F)cc1Cl. The highest BCUT2D eigenvalue weighted by Crippen LogP contribution is 2.31. The third-order valence-electron chi connectivity index (χ3n) is 1.55. The van der Waals surface area contributed by atoms with Crippen LogP contribution in [0.3, 0.4) is 0 Å². The fourth-order valence-corrected chi connectivity index (χ4v) is 1.61. The van der Waals surface area contributed by atoms with Crippen LogP contribution in [0.2, 0.25) is 10.0 Å². The monoisotopic (exact) mass is 238 g/mol. The van der Waals surface area contributed by atoms with E-state index in [-0.39, 0.29) is 15.6 Å². The molecular weight excluding hydrogens is 234 g/mol. The molecule has 0 radical (unpaired) electrons. The molecule has 0 amide bonds. The number of rotatable bonds is 2. The van der Waals surface area contributed by atoms with Gasteiger partial charge in [0.25, 0.3) is 0 Å². The summed E-state index contributed by atoms with van der Waals surface area (Å²) < 4.78 is 12.7. The number of aliphatic carboxylic acids is 1. The number of carboxylic acids is 1. The van der Waals surface area contributed by atoms with Crippen LogP contribution in [0.15, 0.2) is 12.1 Å². The van der Waals surface area contributed by atoms with Gasteiger partial charge in [0.2, 0.25) is 0 Å². The Hall–Kier alpha value is -0.840. The van der Waals surface area contributed by atoms with Crippen LogP contribution in [0.1, 0.15) is 11.7 Å². The molecule has 0 aliphatic carbocycles. The molecule has 0 bridgehead atoms. The molecule has 0 aliphatic heterocycles. The Morgan fingerprint density at radius 2 is 1.79 bits per heavy atom. The molecule has 76 valence electrons. The number of aliphatic hydroxyl groups excluding tert-OH is 1. The quantitative estimate of drug-likeness (QED) is 0.831. The second kappa shape index (κ2) is 4.13. The van der Waals surface area contributed by atoms with Crippen molar-refractivity contribution in [2.75, 3.05) is 0 Å². The van der Waals surface area contributed by atoms with Gasteiger partial charge in [0.1, 0.15) is 5.82 Å². The number of benzene rings is 1. The van der Waals surface area contributed by atoms with E-state index in [1.54, 1.807) is 0 Å². The number of carboxylic acid groups (broad SMARTS) is 1. The van der Waals surface area contributed by atoms with Crippen LogP contribution in [-0.4, -0.2) is 16.2 Å². The molecule has 1 unspecified atom stereocenters. The summed E-state index contributed by atoms with van der Waals surface area (Å²) >= 11 is 11.1. The van der Waals surface area contributed by atoms with E-state index in [1.807, 2.05) is 0 Å². The van der Waals surface area contributed by atoms with Crippen LogP contribution in [0, 0.1) is 5.82 Å². The van der Waals surface area contributed by atoms with Gasteiger partial charge in [0.15, 0.2) is 6.10 Å². The first-order valence-electron chi connectivity index (χ1n) is 3.48. The minimum atomic E-state index is -1.85. The van der Waals surface area contributed by atoms with E-state index in [0.29, 0.717) is 0 Å². The second-order valence-electron chi connectivity index (χ2n) is 2.52. The van der Waals surface area contributed by atoms with E-state index >= 15 is 0 Å². The Morgan fingerprint density at radius 1 is 1.36 bits per heavy atom. The minimum Gasteiger partial charge on any atom is -0.479 e. The van der Waals surface area contributed by atoms with Crippen LogP contribution in [-0.2, 0) is 4.79 Å². The number of hydrogen-bond acceptors (Lipinski definition) is 2. The molecule has 0 fully saturated rings. The Kier molecular flexibility index (Phi) is 3.31. The van der Waals surface area contributed by atoms with Crippen LogP contribution in [0.25, 0.3) is 0 Å². The zero-order chi connectivity index (χ0) is 10.9. The van der Waals surface area contributed by atoms with Crippen molar-refractivity contribution in [3.8, 4) is 0 Å². The average Bonchev–Trinajstić information content (AvgIpc) is 2.01. The summed E-state index contributed by atoms with van der Waals surface area (Å²) in [5, 5.41) is 17.2. The van der Waals surface area contributed by atoms with Gasteiger partial charge in [-0.1, -0.05) is 23.2 Å². The van der Waals surface area contributed by atoms with Crippen molar-refractivity contribution in [2.45, 2.75) is 6.10 Å². The second-order valence-corrected chi connectivity index (χ2v) is 3.34. The van der Waals surface area contributed by atoms with Crippen molar-refractivity contribution >= 4 is 29.2 Å². The molecule has 1 atom stereocenters. The lowest BCUT2D eigenvalue weighted by Gasteiger charge is -2.10. The Labute approximate surface area is 88.7 Å². The smallest absolute Gasteiger partial charge is 0.337 e. The summed E-state index contributed by atoms with van der Waals surface area (Å²) in [6, 6.07) is 1.77. The van der Waals surface area contributed by atoms with Gasteiger partial charge in [-0.15, -0.1) is 0 Å². The molecule has 0 aliphatic rings. The lowest BCUT2D eigenvalue weighted by atomic mass is 10.1. The highest BCUT2D eigenvalue weighted by atomic mass is 35.5. The summed E-state index contributed by atoms with van der Waals surface area (Å²) in [6.45, 7) is 0. The van der Waals surface area contributed by atoms with Crippen LogP contribution >= 0.6 is 23.2 Å². The van der Waals surface area contributed by atoms with Gasteiger partial charge in [-0.3, -0.25) is 0 Å². The largest absolute Gasteiger partial charge is 0.479 e. The first-order chi connectivity index (χ1) is 6.43. The van der Waals surface area contributed by atoms with E-state index in [9.17, 15) is 9.18 Å². The molecular formula is C8H5Cl2FO3. The van der Waals surface area contributed by atoms with Gasteiger partial charge >= 0.3 is 5.97 Å². The Morgan fingerprint density at radius 3 is 2.14 bits per heavy atom. The summed E-state index contributed by atoms with van der Waals surface area (Å²) in [7, 11) is 0. The predicted octanol–water partition coefficient (Wildman–Crippen LogP) is 2.25. The average molecular weight is 239 g/mol. The lowest BCUT2D eigenvalue weighted by molar-refractivity contribution is -0.146. The van der Waals surface area contributed by atoms with Gasteiger partial charge in [-0.05, 0) is 12.1 Å². The number of aliphatic hydroxyl groups is 1. The molecule has 0 heterocycles. The van der Waals surface area contributed by atoms with Gasteiger partial charge in [-0.25, -0.2) is 9.18 Å². The maximum Gasteiger partial charge on any atom is 0.337 e. The molecule has 0 saturated heterocycles. The molecule has 6 heteroatoms. The zero-order valence-corrected chi connectivity index (χ0v) is 8.18. The topological polar surface area (TPSA) is 57.5 Å². The molecule has 0 aromatic heterocycles. The van der Waals surface area contributed by atoms with Gasteiger partial charge in [-0.2, -0.15) is 0 Å². The summed E-state index contributed by atoms with van der Waals surface area (Å²) in [5.74, 6) is -2.19. The van der Waals surface area contributed by atoms with Crippen molar-refractivity contribution in [3.05, 3.63) is 33.6 Å². The molecule has 0 spiro atoms. The fraction of sp³-hybridized carbons (Fsp3) is 0.125. The normalized spacial score (nSPS) is 12.6. The van der Waals surface area contributed by atoms with E-state index in [4.69, 9.17) is 33.4 Å². The highest BCUT2D eigenvalue weighted by Gasteiger charge is 2.22. The highest BCUT2D eigenvalue weighted by molar-refractivity contribution is 6.36. The lowest BCUT2D eigenvalue weighted by Crippen LogP contribution is -2.11. The van der Waals surface area contributed by atoms with Crippen molar-refractivity contribution < 1.29 is 19.4 Å². The van der Waals surface area contributed by atoms with Crippen molar-refractivity contribution in [2.24, 2.45) is 0 Å². The molecule has 2 N–H and O–H groups in total. The van der Waals surface area contributed by atoms with Gasteiger partial charge in [0.05, 0.1) is 10.0 Å². The number of carbonyl (C=O) groups is 1. The van der Waals surface area contributed by atoms with E-state index < -0.39 is 17.9 Å². The van der Waals surface area contributed by atoms with E-state index in [1.165, 1.54) is 0 Å². The minimum absolute atomic E-state index is 0.206. The fourth-order valence-electron chi connectivity index (χ4n) is 0.938. The van der Waals surface area contributed by atoms with E-state index in [0.717, 1.165) is 12.1 Å². The molecule has 1 rings (SSSR count). The Bertz CT molecular complexity index is 358. The maximum atomic E-state index is 12.7. The van der Waals surface area contributed by atoms with Crippen molar-refractivity contribution in [3.63, 3.8) is 0 Å². The van der Waals surface area contributed by atoms with Gasteiger partial charge in [0, 0.05) is 5.56 Å². The summed E-state index contributed by atoms with van der Waals surface area (Å²) in [6.07, 6.45) is -1.85. The Balaban J connectivity index is 3.27. The first-order valence-corrected chi connectivity index (χ1v) is 4.24. The molecule has 3 nitrogen and oxygen atoms in total. The summed E-state index contributed by atoms with van der Waals surface area (Å²) in [5.41, 5.74) is -0.206. The third kappa shape index (κ3) is 2.15. The maximum absolute atomic E-state index is 12.7. The van der Waals surface area contributed by atoms with Crippen molar-refractivity contribution in [1.29, 1.82) is 0 Å². The summed E-state index contributed by atoms with van der Waals surface area (Å²) in [4.78, 5) is 10.4. The molecule has 1 aromatic carbocycles. The third-order valence-corrected chi connectivity index (χ3v) is 2.18. The zero-order valence-electron chi connectivity index (χ0n) is 6.67. The molecule has 1 aromatic rings. The standard InChI is InChI=1S/C8H5Cl2FO3/c9-4-1-3(11)2-5(10)6(4)7(12)8(13)14/h1-2,7,12H,(H,13,14). The van der Waals surface area contributed by atoms with Crippen LogP contribution in [0.5, 0.6) is 0 Å². The van der Waals surface area contributed by atoms with Crippen molar-refractivity contribution in [1.82, 2.24) is 0 Å². The molecule has 14 heavy (non-hydrogen) atoms. The number of halogens is 3. The van der Waals surface area contributed by atoms with Gasteiger partial charge < -0.3 is 10.2 Å². The number of hydrogen-bond donors (Lipinski definition) is 2. The predicted molar refractivity (Wildman–Crippen MR) is 49.0 cm³/mol. The van der Waals surface area contributed by atoms with Crippen LogP contribution < -0.4 is 0 Å². The van der Waals surface area contributed by atoms with Crippen LogP contribution in [0.4, 0.5) is 4.39 Å². The first kappa shape index (κ1) is 11.2. The molecule has 0 saturated carbocycles. The van der Waals surface area contributed by atoms with E-state index in [2.05, 4.69) is 0 Å².